The topological polar surface area (TPSA) is 166 Å². The SMILES string of the molecule is CC1(C)[C@H](NC(=O)c2ccc(N3CCN(CCC4CCN(c5ccc6nnn(C7CCC(=O)NC7=O)c(=O)c6c5)CC4)CC3)cc2)C(C)(C)[C@H]1Oc1ccc(C#N)c(Cl)c1. The number of hydrogen-bond donors (Lipinski definition) is 2. The number of aromatic nitrogens is 3. The molecular formula is C45H52ClN9O5. The second-order valence-corrected chi connectivity index (χ2v) is 18.3. The third-order valence-electron chi connectivity index (χ3n) is 13.3. The van der Waals surface area contributed by atoms with Gasteiger partial charge in [0, 0.05) is 85.6 Å². The molecule has 4 aliphatic rings. The van der Waals surface area contributed by atoms with Gasteiger partial charge in [-0.15, -0.1) is 5.10 Å². The fourth-order valence-electron chi connectivity index (χ4n) is 10.1. The maximum Gasteiger partial charge on any atom is 0.278 e. The highest BCUT2D eigenvalue weighted by Crippen LogP contribution is 2.55. The van der Waals surface area contributed by atoms with Crippen molar-refractivity contribution in [2.45, 2.75) is 78.0 Å². The molecule has 15 heteroatoms. The van der Waals surface area contributed by atoms with Crippen LogP contribution >= 0.6 is 11.6 Å². The quantitative estimate of drug-likeness (QED) is 0.198. The van der Waals surface area contributed by atoms with Crippen LogP contribution in [0.2, 0.25) is 5.02 Å². The zero-order chi connectivity index (χ0) is 42.3. The number of imide groups is 1. The monoisotopic (exact) mass is 833 g/mol. The van der Waals surface area contributed by atoms with Gasteiger partial charge in [-0.25, -0.2) is 0 Å². The van der Waals surface area contributed by atoms with Gasteiger partial charge < -0.3 is 19.9 Å². The van der Waals surface area contributed by atoms with Crippen LogP contribution in [0.4, 0.5) is 11.4 Å². The molecule has 3 aliphatic heterocycles. The predicted octanol–water partition coefficient (Wildman–Crippen LogP) is 5.33. The van der Waals surface area contributed by atoms with Crippen molar-refractivity contribution in [2.24, 2.45) is 16.7 Å². The number of carbonyl (C=O) groups excluding carboxylic acids is 3. The first-order valence-electron chi connectivity index (χ1n) is 21.0. The lowest BCUT2D eigenvalue weighted by molar-refractivity contribution is -0.164. The number of carbonyl (C=O) groups is 3. The van der Waals surface area contributed by atoms with Crippen LogP contribution in [0.1, 0.15) is 81.8 Å². The number of halogens is 1. The molecule has 14 nitrogen and oxygen atoms in total. The Kier molecular flexibility index (Phi) is 11.3. The molecule has 314 valence electrons. The number of fused-ring (bicyclic) bond motifs is 1. The lowest BCUT2D eigenvalue weighted by Gasteiger charge is -2.63. The summed E-state index contributed by atoms with van der Waals surface area (Å²) in [4.78, 5) is 58.2. The molecule has 1 aromatic heterocycles. The third kappa shape index (κ3) is 8.05. The first-order valence-corrected chi connectivity index (χ1v) is 21.3. The molecule has 3 aromatic carbocycles. The van der Waals surface area contributed by atoms with Gasteiger partial charge in [-0.2, -0.15) is 9.94 Å². The Morgan fingerprint density at radius 1 is 0.900 bits per heavy atom. The van der Waals surface area contributed by atoms with Crippen molar-refractivity contribution in [3.8, 4) is 11.8 Å². The van der Waals surface area contributed by atoms with Crippen LogP contribution in [0, 0.1) is 28.1 Å². The van der Waals surface area contributed by atoms with Crippen LogP contribution in [-0.4, -0.2) is 95.6 Å². The second kappa shape index (κ2) is 16.5. The maximum atomic E-state index is 13.5. The number of nitrogens with zero attached hydrogens (tertiary/aromatic N) is 7. The molecule has 4 aromatic rings. The van der Waals surface area contributed by atoms with Crippen molar-refractivity contribution >= 4 is 51.6 Å². The van der Waals surface area contributed by atoms with Crippen LogP contribution in [0.3, 0.4) is 0 Å². The smallest absolute Gasteiger partial charge is 0.278 e. The molecule has 0 spiro atoms. The van der Waals surface area contributed by atoms with Crippen molar-refractivity contribution in [3.63, 3.8) is 0 Å². The van der Waals surface area contributed by atoms with E-state index >= 15 is 0 Å². The number of piperidine rings is 2. The van der Waals surface area contributed by atoms with Gasteiger partial charge in [0.25, 0.3) is 17.4 Å². The summed E-state index contributed by atoms with van der Waals surface area (Å²) >= 11 is 6.26. The lowest BCUT2D eigenvalue weighted by Crippen LogP contribution is -2.74. The van der Waals surface area contributed by atoms with Crippen molar-refractivity contribution in [3.05, 3.63) is 87.2 Å². The first kappa shape index (κ1) is 41.2. The van der Waals surface area contributed by atoms with Crippen molar-refractivity contribution in [1.29, 1.82) is 5.26 Å². The Labute approximate surface area is 354 Å². The minimum atomic E-state index is -0.846. The fourth-order valence-corrected chi connectivity index (χ4v) is 10.3. The Morgan fingerprint density at radius 2 is 1.58 bits per heavy atom. The standard InChI is InChI=1S/C45H52ClN9O5/c1-44(2)42(45(3,4)43(44)60-33-11-7-30(27-47)35(46)26-33)49-39(57)29-5-8-31(9-6-29)54-23-21-52(22-24-54)18-15-28-16-19-53(20-17-28)32-10-12-36-34(25-32)41(59)55(51-50-36)37-13-14-38(56)48-40(37)58/h5-12,25-26,28,37,42-43H,13-24H2,1-4H3,(H,49,57)(H,48,56,58)/t37?,42-,43-. The molecule has 4 fully saturated rings. The van der Waals surface area contributed by atoms with Crippen LogP contribution < -0.4 is 30.7 Å². The highest BCUT2D eigenvalue weighted by Gasteiger charge is 2.64. The van der Waals surface area contributed by atoms with E-state index in [1.807, 2.05) is 42.5 Å². The summed E-state index contributed by atoms with van der Waals surface area (Å²) < 4.78 is 7.50. The van der Waals surface area contributed by atoms with E-state index in [2.05, 4.69) is 69.4 Å². The van der Waals surface area contributed by atoms with Gasteiger partial charge >= 0.3 is 0 Å². The number of amides is 3. The minimum Gasteiger partial charge on any atom is -0.489 e. The van der Waals surface area contributed by atoms with Crippen molar-refractivity contribution in [1.82, 2.24) is 30.5 Å². The van der Waals surface area contributed by atoms with Crippen molar-refractivity contribution in [2.75, 3.05) is 55.6 Å². The van der Waals surface area contributed by atoms with E-state index < -0.39 is 11.9 Å². The number of hydrogen-bond acceptors (Lipinski definition) is 11. The van der Waals surface area contributed by atoms with E-state index in [1.54, 1.807) is 18.2 Å². The van der Waals surface area contributed by atoms with Gasteiger partial charge in [0.2, 0.25) is 5.91 Å². The number of anilines is 2. The number of piperazine rings is 1. The third-order valence-corrected chi connectivity index (χ3v) is 13.6. The minimum absolute atomic E-state index is 0.105. The molecule has 3 saturated heterocycles. The van der Waals surface area contributed by atoms with E-state index in [-0.39, 0.29) is 53.2 Å². The zero-order valence-electron chi connectivity index (χ0n) is 34.6. The molecule has 0 radical (unpaired) electrons. The van der Waals surface area contributed by atoms with Crippen molar-refractivity contribution < 1.29 is 19.1 Å². The van der Waals surface area contributed by atoms with Crippen LogP contribution in [0.15, 0.2) is 65.5 Å². The van der Waals surface area contributed by atoms with Crippen LogP contribution in [0.25, 0.3) is 10.9 Å². The molecule has 1 unspecified atom stereocenters. The Hall–Kier alpha value is -5.52. The summed E-state index contributed by atoms with van der Waals surface area (Å²) in [6.45, 7) is 15.1. The summed E-state index contributed by atoms with van der Waals surface area (Å²) in [5.41, 5.74) is 2.53. The summed E-state index contributed by atoms with van der Waals surface area (Å²) in [7, 11) is 0. The molecule has 60 heavy (non-hydrogen) atoms. The molecule has 2 N–H and O–H groups in total. The van der Waals surface area contributed by atoms with Gasteiger partial charge in [0.15, 0.2) is 0 Å². The normalized spacial score (nSPS) is 23.1. The highest BCUT2D eigenvalue weighted by atomic mass is 35.5. The Balaban J connectivity index is 0.781. The Morgan fingerprint density at radius 3 is 2.25 bits per heavy atom. The molecule has 1 aliphatic carbocycles. The number of rotatable bonds is 10. The van der Waals surface area contributed by atoms with Crippen LogP contribution in [0.5, 0.6) is 5.75 Å². The Bertz CT molecular complexity index is 2380. The van der Waals surface area contributed by atoms with Gasteiger partial charge in [-0.05, 0) is 92.7 Å². The fraction of sp³-hybridized carbons (Fsp3) is 0.489. The van der Waals surface area contributed by atoms with E-state index in [0.717, 1.165) is 81.1 Å². The average molecular weight is 834 g/mol. The summed E-state index contributed by atoms with van der Waals surface area (Å²) in [5.74, 6) is 0.262. The maximum absolute atomic E-state index is 13.5. The number of ether oxygens (including phenoxy) is 1. The van der Waals surface area contributed by atoms with Gasteiger partial charge in [0.1, 0.15) is 29.5 Å². The molecular weight excluding hydrogens is 782 g/mol. The molecule has 4 heterocycles. The number of benzene rings is 3. The predicted molar refractivity (Wildman–Crippen MR) is 229 cm³/mol. The molecule has 8 rings (SSSR count). The molecule has 3 amide bonds. The largest absolute Gasteiger partial charge is 0.489 e. The zero-order valence-corrected chi connectivity index (χ0v) is 35.4. The molecule has 1 atom stereocenters. The van der Waals surface area contributed by atoms with Gasteiger partial charge in [-0.3, -0.25) is 29.4 Å². The molecule has 0 bridgehead atoms. The molecule has 1 saturated carbocycles. The summed E-state index contributed by atoms with van der Waals surface area (Å²) in [5, 5.41) is 23.8. The van der Waals surface area contributed by atoms with Crippen LogP contribution in [-0.2, 0) is 9.59 Å². The lowest BCUT2D eigenvalue weighted by atomic mass is 9.49. The average Bonchev–Trinajstić information content (AvgIpc) is 3.24. The van der Waals surface area contributed by atoms with E-state index in [1.165, 1.54) is 0 Å². The van der Waals surface area contributed by atoms with E-state index in [9.17, 15) is 24.4 Å². The van der Waals surface area contributed by atoms with E-state index in [0.29, 0.717) is 38.7 Å². The van der Waals surface area contributed by atoms with E-state index in [4.69, 9.17) is 16.3 Å². The number of nitrogens with one attached hydrogen (secondary N) is 2. The summed E-state index contributed by atoms with van der Waals surface area (Å²) in [6.07, 6.45) is 3.50. The van der Waals surface area contributed by atoms with Gasteiger partial charge in [0.05, 0.1) is 16.0 Å². The van der Waals surface area contributed by atoms with Gasteiger partial charge in [-0.1, -0.05) is 44.5 Å². The highest BCUT2D eigenvalue weighted by molar-refractivity contribution is 6.31. The number of nitriles is 1. The second-order valence-electron chi connectivity index (χ2n) is 17.9. The summed E-state index contributed by atoms with van der Waals surface area (Å²) in [6, 6.07) is 19.8. The first-order chi connectivity index (χ1) is 28.7.